The van der Waals surface area contributed by atoms with Gasteiger partial charge < -0.3 is 54.4 Å². The molecule has 7 N–H and O–H groups in total. The fourth-order valence-corrected chi connectivity index (χ4v) is 4.58. The Balaban J connectivity index is 1.37. The third-order valence-corrected chi connectivity index (χ3v) is 6.88. The summed E-state index contributed by atoms with van der Waals surface area (Å²) < 4.78 is 22.3. The van der Waals surface area contributed by atoms with Gasteiger partial charge in [-0.2, -0.15) is 0 Å². The Morgan fingerprint density at radius 1 is 0.841 bits per heavy atom. The quantitative estimate of drug-likeness (QED) is 0.112. The monoisotopic (exact) mass is 608 g/mol. The lowest BCUT2D eigenvalue weighted by Gasteiger charge is -2.39. The second-order valence-corrected chi connectivity index (χ2v) is 10.0. The van der Waals surface area contributed by atoms with Crippen LogP contribution in [-0.2, 0) is 20.7 Å². The van der Waals surface area contributed by atoms with E-state index in [0.717, 1.165) is 23.8 Å². The van der Waals surface area contributed by atoms with Crippen molar-refractivity contribution in [3.8, 4) is 40.1 Å². The first-order chi connectivity index (χ1) is 21.0. The van der Waals surface area contributed by atoms with Gasteiger partial charge in [0, 0.05) is 23.8 Å². The molecule has 5 rings (SSSR count). The Hall–Kier alpha value is -5.08. The molecule has 3 aromatic carbocycles. The number of aliphatic hydroxyl groups is 3. The number of aliphatic hydroxyl groups excluding tert-OH is 3. The Morgan fingerprint density at radius 3 is 2.18 bits per heavy atom. The summed E-state index contributed by atoms with van der Waals surface area (Å²) in [5.74, 6) is -2.59. The fraction of sp³-hybridized carbons (Fsp3) is 0.226. The standard InChI is InChI=1S/C31H28O13/c32-17-8-4-15(5-9-17)2-1-3-23(36)41-14-22-25(37)27(39)28(40)31(43-22)44-30-26(38)24-20(35)12-19(34)13-21(24)42-29(30)16-6-10-18(33)11-7-16/h1,3-13,22,25,27-28,31-35,37,39-40H,2,14H2. The van der Waals surface area contributed by atoms with Gasteiger partial charge in [-0.3, -0.25) is 4.79 Å². The molecule has 0 radical (unpaired) electrons. The van der Waals surface area contributed by atoms with E-state index in [1.807, 2.05) is 0 Å². The molecule has 1 saturated heterocycles. The summed E-state index contributed by atoms with van der Waals surface area (Å²) >= 11 is 0. The van der Waals surface area contributed by atoms with Gasteiger partial charge in [0.1, 0.15) is 65.0 Å². The molecule has 1 aliphatic heterocycles. The molecule has 1 aliphatic rings. The minimum absolute atomic E-state index is 0.0922. The molecule has 13 heteroatoms. The Morgan fingerprint density at radius 2 is 1.50 bits per heavy atom. The SMILES string of the molecule is O=C(C=CCc1ccc(O)cc1)OCC1OC(Oc2c(-c3ccc(O)cc3)oc3cc(O)cc(O)c3c2=O)C(O)C(O)C1O. The molecule has 0 amide bonds. The number of carbonyl (C=O) groups is 1. The first-order valence-corrected chi connectivity index (χ1v) is 13.3. The lowest BCUT2D eigenvalue weighted by Crippen LogP contribution is -2.60. The third-order valence-electron chi connectivity index (χ3n) is 6.88. The van der Waals surface area contributed by atoms with Crippen molar-refractivity contribution in [2.75, 3.05) is 6.61 Å². The first kappa shape index (κ1) is 30.4. The van der Waals surface area contributed by atoms with Crippen molar-refractivity contribution in [3.05, 3.63) is 88.6 Å². The molecule has 13 nitrogen and oxygen atoms in total. The highest BCUT2D eigenvalue weighted by molar-refractivity contribution is 5.88. The molecule has 1 aromatic heterocycles. The van der Waals surface area contributed by atoms with E-state index in [1.54, 1.807) is 12.1 Å². The topological polar surface area (TPSA) is 217 Å². The third kappa shape index (κ3) is 6.45. The summed E-state index contributed by atoms with van der Waals surface area (Å²) in [6.07, 6.45) is -5.61. The van der Waals surface area contributed by atoms with Crippen LogP contribution in [-0.4, -0.2) is 79.0 Å². The van der Waals surface area contributed by atoms with E-state index in [9.17, 15) is 45.3 Å². The van der Waals surface area contributed by atoms with Crippen LogP contribution in [0.1, 0.15) is 5.56 Å². The largest absolute Gasteiger partial charge is 0.508 e. The van der Waals surface area contributed by atoms with E-state index in [0.29, 0.717) is 6.42 Å². The highest BCUT2D eigenvalue weighted by Crippen LogP contribution is 2.37. The smallest absolute Gasteiger partial charge is 0.330 e. The number of rotatable bonds is 8. The van der Waals surface area contributed by atoms with Crippen LogP contribution in [0.15, 0.2) is 82.0 Å². The maximum Gasteiger partial charge on any atom is 0.330 e. The number of hydrogen-bond donors (Lipinski definition) is 7. The van der Waals surface area contributed by atoms with Crippen LogP contribution in [0.25, 0.3) is 22.3 Å². The number of allylic oxidation sites excluding steroid dienone is 1. The number of hydrogen-bond acceptors (Lipinski definition) is 13. The zero-order chi connectivity index (χ0) is 31.5. The zero-order valence-electron chi connectivity index (χ0n) is 22.8. The molecule has 1 fully saturated rings. The van der Waals surface area contributed by atoms with Gasteiger partial charge in [-0.15, -0.1) is 0 Å². The molecular formula is C31H28O13. The van der Waals surface area contributed by atoms with E-state index in [1.165, 1.54) is 42.5 Å². The predicted molar refractivity (Wildman–Crippen MR) is 152 cm³/mol. The number of fused-ring (bicyclic) bond motifs is 1. The van der Waals surface area contributed by atoms with Crippen LogP contribution in [0.2, 0.25) is 0 Å². The average molecular weight is 609 g/mol. The molecule has 230 valence electrons. The molecule has 0 bridgehead atoms. The summed E-state index contributed by atoms with van der Waals surface area (Å²) in [5, 5.41) is 70.6. The van der Waals surface area contributed by atoms with Crippen molar-refractivity contribution < 1.29 is 59.2 Å². The number of esters is 1. The highest BCUT2D eigenvalue weighted by Gasteiger charge is 2.46. The molecule has 0 aliphatic carbocycles. The van der Waals surface area contributed by atoms with Crippen LogP contribution < -0.4 is 10.2 Å². The maximum atomic E-state index is 13.5. The Kier molecular flexibility index (Phi) is 8.73. The highest BCUT2D eigenvalue weighted by atomic mass is 16.7. The minimum Gasteiger partial charge on any atom is -0.508 e. The molecule has 5 atom stereocenters. The Bertz CT molecular complexity index is 1730. The van der Waals surface area contributed by atoms with Crippen LogP contribution in [0.4, 0.5) is 0 Å². The normalized spacial score (nSPS) is 21.8. The number of carbonyl (C=O) groups excluding carboxylic acids is 1. The van der Waals surface area contributed by atoms with Crippen molar-refractivity contribution >= 4 is 16.9 Å². The zero-order valence-corrected chi connectivity index (χ0v) is 22.8. The van der Waals surface area contributed by atoms with Gasteiger partial charge >= 0.3 is 5.97 Å². The molecule has 4 aromatic rings. The average Bonchev–Trinajstić information content (AvgIpc) is 2.99. The maximum absolute atomic E-state index is 13.5. The van der Waals surface area contributed by atoms with E-state index >= 15 is 0 Å². The summed E-state index contributed by atoms with van der Waals surface area (Å²) in [6.45, 7) is -0.565. The van der Waals surface area contributed by atoms with Crippen molar-refractivity contribution in [2.45, 2.75) is 37.1 Å². The summed E-state index contributed by atoms with van der Waals surface area (Å²) in [5.41, 5.74) is -0.0863. The molecule has 0 saturated carbocycles. The van der Waals surface area contributed by atoms with Gasteiger partial charge in [-0.25, -0.2) is 4.79 Å². The second-order valence-electron chi connectivity index (χ2n) is 10.0. The number of benzene rings is 3. The van der Waals surface area contributed by atoms with Gasteiger partial charge in [-0.1, -0.05) is 18.2 Å². The summed E-state index contributed by atoms with van der Waals surface area (Å²) in [4.78, 5) is 25.8. The molecule has 2 heterocycles. The first-order valence-electron chi connectivity index (χ1n) is 13.3. The van der Waals surface area contributed by atoms with Gasteiger partial charge in [-0.05, 0) is 48.4 Å². The van der Waals surface area contributed by atoms with E-state index in [4.69, 9.17) is 18.6 Å². The van der Waals surface area contributed by atoms with Crippen LogP contribution in [0.3, 0.4) is 0 Å². The number of phenols is 4. The molecule has 0 spiro atoms. The minimum atomic E-state index is -1.89. The number of aromatic hydroxyl groups is 4. The van der Waals surface area contributed by atoms with Crippen LogP contribution in [0.5, 0.6) is 28.7 Å². The summed E-state index contributed by atoms with van der Waals surface area (Å²) in [7, 11) is 0. The second kappa shape index (κ2) is 12.7. The van der Waals surface area contributed by atoms with Gasteiger partial charge in [0.2, 0.25) is 17.5 Å². The molecular weight excluding hydrogens is 580 g/mol. The molecule has 44 heavy (non-hydrogen) atoms. The molecule has 5 unspecified atom stereocenters. The van der Waals surface area contributed by atoms with Crippen molar-refractivity contribution in [1.82, 2.24) is 0 Å². The Labute approximate surface area is 248 Å². The van der Waals surface area contributed by atoms with Gasteiger partial charge in [0.05, 0.1) is 0 Å². The van der Waals surface area contributed by atoms with Gasteiger partial charge in [0.25, 0.3) is 0 Å². The summed E-state index contributed by atoms with van der Waals surface area (Å²) in [6, 6.07) is 13.8. The van der Waals surface area contributed by atoms with Crippen molar-refractivity contribution in [3.63, 3.8) is 0 Å². The number of ether oxygens (including phenoxy) is 3. The van der Waals surface area contributed by atoms with E-state index < -0.39 is 60.2 Å². The lowest BCUT2D eigenvalue weighted by atomic mass is 9.99. The van der Waals surface area contributed by atoms with E-state index in [2.05, 4.69) is 0 Å². The number of phenolic OH excluding ortho intramolecular Hbond substituents is 4. The van der Waals surface area contributed by atoms with Crippen LogP contribution in [0, 0.1) is 0 Å². The predicted octanol–water partition coefficient (Wildman–Crippen LogP) is 1.81. The van der Waals surface area contributed by atoms with Crippen LogP contribution >= 0.6 is 0 Å². The fourth-order valence-electron chi connectivity index (χ4n) is 4.58. The lowest BCUT2D eigenvalue weighted by molar-refractivity contribution is -0.278. The van der Waals surface area contributed by atoms with Gasteiger partial charge in [0.15, 0.2) is 5.76 Å². The van der Waals surface area contributed by atoms with Crippen molar-refractivity contribution in [1.29, 1.82) is 0 Å². The van der Waals surface area contributed by atoms with E-state index in [-0.39, 0.29) is 39.5 Å². The van der Waals surface area contributed by atoms with Crippen molar-refractivity contribution in [2.24, 2.45) is 0 Å².